The highest BCUT2D eigenvalue weighted by Gasteiger charge is 2.28. The van der Waals surface area contributed by atoms with Crippen molar-refractivity contribution >= 4 is 39.4 Å². The van der Waals surface area contributed by atoms with Crippen molar-refractivity contribution in [2.75, 3.05) is 18.5 Å². The number of benzene rings is 2. The third-order valence-electron chi connectivity index (χ3n) is 7.57. The van der Waals surface area contributed by atoms with Crippen molar-refractivity contribution in [3.05, 3.63) is 59.5 Å². The molecule has 1 unspecified atom stereocenters. The largest absolute Gasteiger partial charge is 0.368 e. The highest BCUT2D eigenvalue weighted by molar-refractivity contribution is 6.06. The Hall–Kier alpha value is -3.65. The first-order valence-corrected chi connectivity index (χ1v) is 12.8. The average molecular weight is 486 g/mol. The summed E-state index contributed by atoms with van der Waals surface area (Å²) in [6.07, 6.45) is 7.30. The second-order valence-corrected chi connectivity index (χ2v) is 9.90. The summed E-state index contributed by atoms with van der Waals surface area (Å²) < 4.78 is 7.65. The lowest BCUT2D eigenvalue weighted by atomic mass is 9.85. The van der Waals surface area contributed by atoms with E-state index in [1.54, 1.807) is 6.07 Å². The lowest BCUT2D eigenvalue weighted by Gasteiger charge is -2.24. The number of hydrogen-bond donors (Lipinski definition) is 3. The molecule has 8 nitrogen and oxygen atoms in total. The molecule has 2 fully saturated rings. The number of hydrogen-bond acceptors (Lipinski definition) is 4. The van der Waals surface area contributed by atoms with Crippen LogP contribution in [0.1, 0.15) is 59.8 Å². The third-order valence-corrected chi connectivity index (χ3v) is 7.57. The Labute approximate surface area is 209 Å². The molecule has 1 aliphatic heterocycles. The number of aromatic nitrogens is 3. The van der Waals surface area contributed by atoms with Crippen LogP contribution in [-0.4, -0.2) is 45.6 Å². The zero-order chi connectivity index (χ0) is 24.6. The predicted octanol–water partition coefficient (Wildman–Crippen LogP) is 4.41. The number of fused-ring (bicyclic) bond motifs is 2. The van der Waals surface area contributed by atoms with Crippen LogP contribution in [0.25, 0.3) is 21.9 Å². The molecule has 0 radical (unpaired) electrons. The van der Waals surface area contributed by atoms with Crippen LogP contribution < -0.4 is 10.6 Å². The van der Waals surface area contributed by atoms with E-state index in [1.807, 2.05) is 37.5 Å². The van der Waals surface area contributed by atoms with E-state index < -0.39 is 6.10 Å². The van der Waals surface area contributed by atoms with Gasteiger partial charge < -0.3 is 24.9 Å². The molecule has 36 heavy (non-hydrogen) atoms. The van der Waals surface area contributed by atoms with Crippen LogP contribution in [0.3, 0.4) is 0 Å². The molecule has 2 aliphatic rings. The minimum Gasteiger partial charge on any atom is -0.368 e. The smallest absolute Gasteiger partial charge is 0.253 e. The molecule has 6 rings (SSSR count). The topological polar surface area (TPSA) is 101 Å². The summed E-state index contributed by atoms with van der Waals surface area (Å²) in [5, 5.41) is 7.26. The van der Waals surface area contributed by atoms with Gasteiger partial charge in [0.1, 0.15) is 11.9 Å². The quantitative estimate of drug-likeness (QED) is 0.361. The molecule has 3 heterocycles. The van der Waals surface area contributed by atoms with Gasteiger partial charge in [-0.25, -0.2) is 4.98 Å². The first kappa shape index (κ1) is 22.8. The highest BCUT2D eigenvalue weighted by Crippen LogP contribution is 2.38. The highest BCUT2D eigenvalue weighted by atomic mass is 16.5. The number of nitrogens with one attached hydrogen (secondary N) is 3. The zero-order valence-corrected chi connectivity index (χ0v) is 20.5. The molecule has 4 aromatic rings. The van der Waals surface area contributed by atoms with E-state index in [9.17, 15) is 9.59 Å². The molecule has 1 saturated carbocycles. The number of para-hydroxylation sites is 1. The third kappa shape index (κ3) is 4.15. The number of aromatic amines is 1. The van der Waals surface area contributed by atoms with Crippen molar-refractivity contribution in [3.63, 3.8) is 0 Å². The van der Waals surface area contributed by atoms with E-state index in [1.165, 1.54) is 17.4 Å². The fraction of sp³-hybridized carbons (Fsp3) is 0.393. The summed E-state index contributed by atoms with van der Waals surface area (Å²) in [5.74, 6) is 1.09. The summed E-state index contributed by atoms with van der Waals surface area (Å²) in [6, 6.07) is 11.8. The molecule has 0 bridgehead atoms. The van der Waals surface area contributed by atoms with Gasteiger partial charge in [0, 0.05) is 48.8 Å². The SMILES string of the molecule is Cn1c(C2CCC2)nc2cc(C(=O)NCCc3c[nH]c4ccccc34)cc(NC(=O)C3CCCO3)c21. The van der Waals surface area contributed by atoms with Crippen molar-refractivity contribution in [2.24, 2.45) is 7.05 Å². The van der Waals surface area contributed by atoms with Gasteiger partial charge in [0.2, 0.25) is 0 Å². The number of anilines is 1. The molecule has 8 heteroatoms. The number of H-pyrrole nitrogens is 1. The zero-order valence-electron chi connectivity index (χ0n) is 20.5. The number of carbonyl (C=O) groups is 2. The molecule has 186 valence electrons. The van der Waals surface area contributed by atoms with Gasteiger partial charge in [-0.2, -0.15) is 0 Å². The van der Waals surface area contributed by atoms with Gasteiger partial charge >= 0.3 is 0 Å². The summed E-state index contributed by atoms with van der Waals surface area (Å²) in [6.45, 7) is 1.11. The fourth-order valence-electron chi connectivity index (χ4n) is 5.38. The minimum atomic E-state index is -0.451. The summed E-state index contributed by atoms with van der Waals surface area (Å²) in [5.41, 5.74) is 4.93. The lowest BCUT2D eigenvalue weighted by molar-refractivity contribution is -0.124. The van der Waals surface area contributed by atoms with Crippen molar-refractivity contribution < 1.29 is 14.3 Å². The fourth-order valence-corrected chi connectivity index (χ4v) is 5.38. The van der Waals surface area contributed by atoms with Gasteiger partial charge in [-0.05, 0) is 55.9 Å². The van der Waals surface area contributed by atoms with Gasteiger partial charge in [0.15, 0.2) is 0 Å². The van der Waals surface area contributed by atoms with E-state index in [-0.39, 0.29) is 11.8 Å². The number of carbonyl (C=O) groups excluding carboxylic acids is 2. The molecular formula is C28H31N5O3. The maximum atomic E-state index is 13.2. The first-order chi connectivity index (χ1) is 17.6. The van der Waals surface area contributed by atoms with E-state index in [2.05, 4.69) is 26.3 Å². The van der Waals surface area contributed by atoms with Crippen molar-refractivity contribution in [1.29, 1.82) is 0 Å². The van der Waals surface area contributed by atoms with Crippen molar-refractivity contribution in [3.8, 4) is 0 Å². The Morgan fingerprint density at radius 2 is 2.03 bits per heavy atom. The normalized spacial score (nSPS) is 18.0. The van der Waals surface area contributed by atoms with Gasteiger partial charge in [-0.1, -0.05) is 24.6 Å². The van der Waals surface area contributed by atoms with Crippen LogP contribution in [0, 0.1) is 0 Å². The Morgan fingerprint density at radius 3 is 2.81 bits per heavy atom. The van der Waals surface area contributed by atoms with Gasteiger partial charge in [0.25, 0.3) is 11.8 Å². The maximum Gasteiger partial charge on any atom is 0.253 e. The molecule has 1 saturated heterocycles. The second-order valence-electron chi connectivity index (χ2n) is 9.90. The summed E-state index contributed by atoms with van der Waals surface area (Å²) >= 11 is 0. The van der Waals surface area contributed by atoms with Crippen LogP contribution in [0.15, 0.2) is 42.6 Å². The molecular weight excluding hydrogens is 454 g/mol. The number of ether oxygens (including phenoxy) is 1. The molecule has 0 spiro atoms. The molecule has 1 atom stereocenters. The van der Waals surface area contributed by atoms with Gasteiger partial charge in [0.05, 0.1) is 16.7 Å². The van der Waals surface area contributed by atoms with E-state index in [0.29, 0.717) is 36.7 Å². The van der Waals surface area contributed by atoms with Gasteiger partial charge in [-0.15, -0.1) is 0 Å². The van der Waals surface area contributed by atoms with Crippen molar-refractivity contribution in [2.45, 2.75) is 50.5 Å². The number of nitrogens with zero attached hydrogens (tertiary/aromatic N) is 2. The molecule has 2 aromatic carbocycles. The predicted molar refractivity (Wildman–Crippen MR) is 139 cm³/mol. The number of imidazole rings is 1. The van der Waals surface area contributed by atoms with Crippen LogP contribution in [0.5, 0.6) is 0 Å². The average Bonchev–Trinajstić information content (AvgIpc) is 3.58. The Balaban J connectivity index is 1.25. The number of aryl methyl sites for hydroxylation is 1. The van der Waals surface area contributed by atoms with E-state index in [4.69, 9.17) is 9.72 Å². The van der Waals surface area contributed by atoms with Crippen molar-refractivity contribution in [1.82, 2.24) is 19.9 Å². The molecule has 3 N–H and O–H groups in total. The summed E-state index contributed by atoms with van der Waals surface area (Å²) in [4.78, 5) is 34.3. The number of rotatable bonds is 7. The van der Waals surface area contributed by atoms with Crippen LogP contribution in [-0.2, 0) is 23.0 Å². The van der Waals surface area contributed by atoms with E-state index >= 15 is 0 Å². The second kappa shape index (κ2) is 9.43. The Kier molecular flexibility index (Phi) is 5.97. The van der Waals surface area contributed by atoms with Crippen LogP contribution >= 0.6 is 0 Å². The lowest BCUT2D eigenvalue weighted by Crippen LogP contribution is -2.28. The number of amides is 2. The minimum absolute atomic E-state index is 0.169. The molecule has 1 aliphatic carbocycles. The maximum absolute atomic E-state index is 13.2. The molecule has 2 amide bonds. The monoisotopic (exact) mass is 485 g/mol. The Bertz CT molecular complexity index is 1440. The standard InChI is InChI=1S/C28H31N5O3/c1-33-25-22(31-26(33)17-6-4-7-17)14-19(15-23(25)32-28(35)24-10-5-13-36-24)27(34)29-12-11-18-16-30-21-9-3-2-8-20(18)21/h2-3,8-9,14-17,24,30H,4-7,10-13H2,1H3,(H,29,34)(H,32,35). The van der Waals surface area contributed by atoms with E-state index in [0.717, 1.165) is 48.1 Å². The summed E-state index contributed by atoms with van der Waals surface area (Å²) in [7, 11) is 1.99. The van der Waals surface area contributed by atoms with Crippen LogP contribution in [0.4, 0.5) is 5.69 Å². The van der Waals surface area contributed by atoms with Gasteiger partial charge in [-0.3, -0.25) is 9.59 Å². The van der Waals surface area contributed by atoms with Crippen LogP contribution in [0.2, 0.25) is 0 Å². The first-order valence-electron chi connectivity index (χ1n) is 12.8. The Morgan fingerprint density at radius 1 is 1.17 bits per heavy atom. The molecule has 2 aromatic heterocycles.